The molecule has 0 spiro atoms. The zero-order chi connectivity index (χ0) is 12.1. The number of carbonyl (C=O) groups is 1. The first-order chi connectivity index (χ1) is 7.77. The number of aliphatic hydroxyl groups excluding tert-OH is 1. The van der Waals surface area contributed by atoms with Gasteiger partial charge in [-0.15, -0.1) is 0 Å². The van der Waals surface area contributed by atoms with Crippen LogP contribution in [0.2, 0.25) is 0 Å². The van der Waals surface area contributed by atoms with Crippen molar-refractivity contribution in [3.63, 3.8) is 0 Å². The lowest BCUT2D eigenvalue weighted by atomic mass is 10.3. The van der Waals surface area contributed by atoms with Crippen molar-refractivity contribution in [1.29, 1.82) is 0 Å². The number of ether oxygens (including phenoxy) is 2. The normalized spacial score (nSPS) is 10.6. The molecule has 0 heterocycles. The number of rotatable bonds is 12. The highest BCUT2D eigenvalue weighted by Crippen LogP contribution is 1.93. The Balaban J connectivity index is 2.90. The van der Waals surface area contributed by atoms with Gasteiger partial charge in [-0.2, -0.15) is 0 Å². The van der Waals surface area contributed by atoms with Gasteiger partial charge in [0.25, 0.3) is 0 Å². The fourth-order valence-electron chi connectivity index (χ4n) is 1.11. The maximum absolute atomic E-state index is 10.2. The summed E-state index contributed by atoms with van der Waals surface area (Å²) >= 11 is 0. The molecule has 5 heteroatoms. The van der Waals surface area contributed by atoms with Gasteiger partial charge in [-0.3, -0.25) is 4.79 Å². The van der Waals surface area contributed by atoms with Crippen LogP contribution in [0.1, 0.15) is 32.1 Å². The number of carboxylic acid groups (broad SMARTS) is 1. The second kappa shape index (κ2) is 12.4. The molecule has 0 aromatic heterocycles. The molecule has 16 heavy (non-hydrogen) atoms. The van der Waals surface area contributed by atoms with Gasteiger partial charge in [0.2, 0.25) is 0 Å². The van der Waals surface area contributed by atoms with Crippen LogP contribution >= 0.6 is 0 Å². The molecule has 0 bridgehead atoms. The fraction of sp³-hybridized carbons (Fsp3) is 0.909. The Morgan fingerprint density at radius 1 is 0.875 bits per heavy atom. The van der Waals surface area contributed by atoms with Crippen molar-refractivity contribution in [2.45, 2.75) is 32.1 Å². The molecule has 0 unspecified atom stereocenters. The summed E-state index contributed by atoms with van der Waals surface area (Å²) < 4.78 is 10.5. The lowest BCUT2D eigenvalue weighted by Gasteiger charge is -2.04. The van der Waals surface area contributed by atoms with E-state index in [0.29, 0.717) is 32.8 Å². The van der Waals surface area contributed by atoms with E-state index in [1.54, 1.807) is 0 Å². The Bertz CT molecular complexity index is 160. The third-order valence-electron chi connectivity index (χ3n) is 1.95. The van der Waals surface area contributed by atoms with Crippen molar-refractivity contribution in [2.24, 2.45) is 0 Å². The van der Waals surface area contributed by atoms with E-state index in [9.17, 15) is 4.79 Å². The number of hydrogen-bond donors (Lipinski definition) is 2. The summed E-state index contributed by atoms with van der Waals surface area (Å²) in [7, 11) is 0. The zero-order valence-corrected chi connectivity index (χ0v) is 9.69. The second-order valence-electron chi connectivity index (χ2n) is 3.51. The van der Waals surface area contributed by atoms with Gasteiger partial charge in [-0.25, -0.2) is 0 Å². The van der Waals surface area contributed by atoms with Crippen molar-refractivity contribution in [1.82, 2.24) is 0 Å². The van der Waals surface area contributed by atoms with Crippen LogP contribution in [0.3, 0.4) is 0 Å². The maximum Gasteiger partial charge on any atom is 0.303 e. The first-order valence-electron chi connectivity index (χ1n) is 5.75. The molecule has 0 aromatic rings. The molecule has 0 amide bonds. The molecule has 2 N–H and O–H groups in total. The predicted molar refractivity (Wildman–Crippen MR) is 59.4 cm³/mol. The highest BCUT2D eigenvalue weighted by Gasteiger charge is 1.96. The lowest BCUT2D eigenvalue weighted by Crippen LogP contribution is -2.04. The van der Waals surface area contributed by atoms with Crippen LogP contribution in [0.25, 0.3) is 0 Å². The van der Waals surface area contributed by atoms with Crippen LogP contribution in [0.5, 0.6) is 0 Å². The van der Waals surface area contributed by atoms with Crippen molar-refractivity contribution >= 4 is 5.97 Å². The van der Waals surface area contributed by atoms with Gasteiger partial charge >= 0.3 is 5.97 Å². The summed E-state index contributed by atoms with van der Waals surface area (Å²) in [6, 6.07) is 0. The standard InChI is InChI=1S/C11H22O5/c12-6-1-2-7-15-9-4-10-16-8-3-5-11(13)14/h12H,1-10H2,(H,13,14). The molecule has 0 fully saturated rings. The lowest BCUT2D eigenvalue weighted by molar-refractivity contribution is -0.137. The van der Waals surface area contributed by atoms with Crippen molar-refractivity contribution < 1.29 is 24.5 Å². The molecule has 0 radical (unpaired) electrons. The van der Waals surface area contributed by atoms with E-state index in [2.05, 4.69) is 0 Å². The minimum atomic E-state index is -0.782. The SMILES string of the molecule is O=C(O)CCCOCCCOCCCCO. The highest BCUT2D eigenvalue weighted by molar-refractivity contribution is 5.66. The monoisotopic (exact) mass is 234 g/mol. The summed E-state index contributed by atoms with van der Waals surface area (Å²) in [6.07, 6.45) is 3.22. The predicted octanol–water partition coefficient (Wildman–Crippen LogP) is 1.05. The van der Waals surface area contributed by atoms with Crippen LogP contribution in [-0.2, 0) is 14.3 Å². The number of carboxylic acids is 1. The molecule has 0 aliphatic heterocycles. The molecule has 0 aliphatic carbocycles. The van der Waals surface area contributed by atoms with Crippen LogP contribution in [-0.4, -0.2) is 49.2 Å². The molecule has 0 saturated carbocycles. The average molecular weight is 234 g/mol. The Hall–Kier alpha value is -0.650. The van der Waals surface area contributed by atoms with Gasteiger partial charge in [-0.05, 0) is 25.7 Å². The first kappa shape index (κ1) is 15.3. The fourth-order valence-corrected chi connectivity index (χ4v) is 1.11. The molecule has 0 aromatic carbocycles. The zero-order valence-electron chi connectivity index (χ0n) is 9.69. The van der Waals surface area contributed by atoms with E-state index in [1.165, 1.54) is 0 Å². The quantitative estimate of drug-likeness (QED) is 0.494. The summed E-state index contributed by atoms with van der Waals surface area (Å²) in [6.45, 7) is 2.66. The van der Waals surface area contributed by atoms with Gasteiger partial charge in [0.05, 0.1) is 0 Å². The minimum Gasteiger partial charge on any atom is -0.481 e. The molecule has 0 aliphatic rings. The van der Waals surface area contributed by atoms with Crippen LogP contribution in [0.15, 0.2) is 0 Å². The maximum atomic E-state index is 10.2. The summed E-state index contributed by atoms with van der Waals surface area (Å²) in [5.41, 5.74) is 0. The smallest absolute Gasteiger partial charge is 0.303 e. The van der Waals surface area contributed by atoms with E-state index in [4.69, 9.17) is 19.7 Å². The molecule has 0 atom stereocenters. The summed E-state index contributed by atoms with van der Waals surface area (Å²) in [4.78, 5) is 10.2. The number of unbranched alkanes of at least 4 members (excludes halogenated alkanes) is 1. The third kappa shape index (κ3) is 13.4. The molecule has 96 valence electrons. The number of hydrogen-bond acceptors (Lipinski definition) is 4. The van der Waals surface area contributed by atoms with Crippen molar-refractivity contribution in [3.05, 3.63) is 0 Å². The molecular formula is C11H22O5. The Morgan fingerprint density at radius 2 is 1.44 bits per heavy atom. The van der Waals surface area contributed by atoms with Gasteiger partial charge in [0, 0.05) is 39.5 Å². The van der Waals surface area contributed by atoms with Crippen LogP contribution < -0.4 is 0 Å². The molecule has 0 saturated heterocycles. The topological polar surface area (TPSA) is 76.0 Å². The van der Waals surface area contributed by atoms with Gasteiger partial charge in [0.1, 0.15) is 0 Å². The Morgan fingerprint density at radius 3 is 2.00 bits per heavy atom. The van der Waals surface area contributed by atoms with Crippen LogP contribution in [0.4, 0.5) is 0 Å². The molecule has 0 rings (SSSR count). The third-order valence-corrected chi connectivity index (χ3v) is 1.95. The van der Waals surface area contributed by atoms with E-state index in [-0.39, 0.29) is 13.0 Å². The average Bonchev–Trinajstić information content (AvgIpc) is 2.25. The van der Waals surface area contributed by atoms with Crippen molar-refractivity contribution in [2.75, 3.05) is 33.0 Å². The van der Waals surface area contributed by atoms with Gasteiger partial charge in [0.15, 0.2) is 0 Å². The Labute approximate surface area is 96.4 Å². The van der Waals surface area contributed by atoms with Gasteiger partial charge < -0.3 is 19.7 Å². The first-order valence-corrected chi connectivity index (χ1v) is 5.75. The van der Waals surface area contributed by atoms with E-state index >= 15 is 0 Å². The van der Waals surface area contributed by atoms with E-state index in [0.717, 1.165) is 19.3 Å². The number of aliphatic carboxylic acids is 1. The summed E-state index contributed by atoms with van der Waals surface area (Å²) in [5, 5.41) is 16.9. The highest BCUT2D eigenvalue weighted by atomic mass is 16.5. The van der Waals surface area contributed by atoms with Crippen molar-refractivity contribution in [3.8, 4) is 0 Å². The largest absolute Gasteiger partial charge is 0.481 e. The summed E-state index contributed by atoms with van der Waals surface area (Å²) in [5.74, 6) is -0.782. The number of aliphatic hydroxyl groups is 1. The Kier molecular flexibility index (Phi) is 11.9. The second-order valence-corrected chi connectivity index (χ2v) is 3.51. The van der Waals surface area contributed by atoms with Crippen LogP contribution in [0, 0.1) is 0 Å². The molecule has 5 nitrogen and oxygen atoms in total. The molecular weight excluding hydrogens is 212 g/mol. The van der Waals surface area contributed by atoms with E-state index in [1.807, 2.05) is 0 Å². The van der Waals surface area contributed by atoms with Gasteiger partial charge in [-0.1, -0.05) is 0 Å². The van der Waals surface area contributed by atoms with E-state index < -0.39 is 5.97 Å². The minimum absolute atomic E-state index is 0.164.